The van der Waals surface area contributed by atoms with Gasteiger partial charge in [-0.15, -0.1) is 0 Å². The molecule has 0 heterocycles. The number of aliphatic imine (C=N–C) groups is 1. The highest BCUT2D eigenvalue weighted by atomic mass is 79.9. The number of benzene rings is 2. The van der Waals surface area contributed by atoms with Crippen molar-refractivity contribution in [1.29, 1.82) is 0 Å². The Labute approximate surface area is 173 Å². The predicted molar refractivity (Wildman–Crippen MR) is 114 cm³/mol. The zero-order valence-electron chi connectivity index (χ0n) is 15.2. The smallest absolute Gasteiger partial charge is 0.124 e. The Kier molecular flexibility index (Phi) is 4.36. The summed E-state index contributed by atoms with van der Waals surface area (Å²) >= 11 is 9.56. The van der Waals surface area contributed by atoms with E-state index in [1.165, 1.54) is 44.1 Å². The number of hydrogen-bond acceptors (Lipinski definition) is 2. The molecular formula is C23H23BrClNO. The van der Waals surface area contributed by atoms with Crippen molar-refractivity contribution in [3.05, 3.63) is 57.0 Å². The van der Waals surface area contributed by atoms with Crippen LogP contribution in [0.25, 0.3) is 0 Å². The van der Waals surface area contributed by atoms with Gasteiger partial charge in [-0.1, -0.05) is 17.7 Å². The molecule has 4 saturated carbocycles. The maximum Gasteiger partial charge on any atom is 0.124 e. The normalized spacial score (nSPS) is 31.7. The number of hydrogen-bond donors (Lipinski definition) is 1. The summed E-state index contributed by atoms with van der Waals surface area (Å²) in [5.74, 6) is 3.02. The standard InChI is InChI=1S/C23H23BrClNO/c24-20-3-2-19(9-21(20)25)26-13-17-8-18(1-4-22(17)27)23-10-14-5-15(11-23)7-16(6-14)12-23/h1-4,8-9,13-16,27H,5-7,10-12H2. The summed E-state index contributed by atoms with van der Waals surface area (Å²) in [4.78, 5) is 4.54. The average molecular weight is 445 g/mol. The number of rotatable bonds is 3. The van der Waals surface area contributed by atoms with E-state index in [2.05, 4.69) is 33.1 Å². The van der Waals surface area contributed by atoms with E-state index in [0.717, 1.165) is 33.5 Å². The second-order valence-corrected chi connectivity index (χ2v) is 10.1. The molecule has 4 bridgehead atoms. The lowest BCUT2D eigenvalue weighted by Gasteiger charge is -2.57. The van der Waals surface area contributed by atoms with E-state index < -0.39 is 0 Å². The van der Waals surface area contributed by atoms with Crippen LogP contribution in [-0.4, -0.2) is 11.3 Å². The van der Waals surface area contributed by atoms with Crippen LogP contribution in [-0.2, 0) is 5.41 Å². The van der Waals surface area contributed by atoms with E-state index in [0.29, 0.717) is 10.4 Å². The Bertz CT molecular complexity index is 887. The quantitative estimate of drug-likeness (QED) is 0.506. The monoisotopic (exact) mass is 443 g/mol. The maximum atomic E-state index is 10.4. The van der Waals surface area contributed by atoms with Gasteiger partial charge in [-0.2, -0.15) is 0 Å². The molecule has 0 aromatic heterocycles. The molecule has 0 atom stereocenters. The van der Waals surface area contributed by atoms with Crippen molar-refractivity contribution in [2.24, 2.45) is 22.7 Å². The molecule has 6 rings (SSSR count). The summed E-state index contributed by atoms with van der Waals surface area (Å²) in [7, 11) is 0. The van der Waals surface area contributed by atoms with E-state index >= 15 is 0 Å². The van der Waals surface area contributed by atoms with Gasteiger partial charge in [-0.05, 0) is 114 Å². The highest BCUT2D eigenvalue weighted by Crippen LogP contribution is 2.60. The topological polar surface area (TPSA) is 32.6 Å². The molecule has 2 aromatic carbocycles. The maximum absolute atomic E-state index is 10.4. The fourth-order valence-corrected chi connectivity index (χ4v) is 6.58. The van der Waals surface area contributed by atoms with Crippen molar-refractivity contribution in [2.75, 3.05) is 0 Å². The molecular weight excluding hydrogens is 422 g/mol. The summed E-state index contributed by atoms with van der Waals surface area (Å²) in [5.41, 5.74) is 3.30. The molecule has 0 radical (unpaired) electrons. The molecule has 0 aliphatic heterocycles. The molecule has 140 valence electrons. The first-order chi connectivity index (χ1) is 13.0. The molecule has 4 aliphatic carbocycles. The Hall–Kier alpha value is -1.32. The van der Waals surface area contributed by atoms with Gasteiger partial charge in [0.15, 0.2) is 0 Å². The van der Waals surface area contributed by atoms with Gasteiger partial charge in [0.2, 0.25) is 0 Å². The number of nitrogens with zero attached hydrogens (tertiary/aromatic N) is 1. The highest BCUT2D eigenvalue weighted by molar-refractivity contribution is 9.10. The van der Waals surface area contributed by atoms with Gasteiger partial charge in [0, 0.05) is 16.3 Å². The van der Waals surface area contributed by atoms with Crippen LogP contribution in [0.5, 0.6) is 5.75 Å². The third-order valence-electron chi connectivity index (χ3n) is 6.93. The molecule has 2 nitrogen and oxygen atoms in total. The van der Waals surface area contributed by atoms with Gasteiger partial charge < -0.3 is 5.11 Å². The van der Waals surface area contributed by atoms with Crippen molar-refractivity contribution < 1.29 is 5.11 Å². The van der Waals surface area contributed by atoms with E-state index in [1.807, 2.05) is 24.3 Å². The lowest BCUT2D eigenvalue weighted by atomic mass is 9.48. The summed E-state index contributed by atoms with van der Waals surface area (Å²) in [6.45, 7) is 0. The fourth-order valence-electron chi connectivity index (χ4n) is 6.16. The van der Waals surface area contributed by atoms with Crippen LogP contribution in [0.3, 0.4) is 0 Å². The van der Waals surface area contributed by atoms with E-state index in [1.54, 1.807) is 6.21 Å². The minimum absolute atomic E-state index is 0.287. The van der Waals surface area contributed by atoms with Gasteiger partial charge in [0.1, 0.15) is 5.75 Å². The zero-order chi connectivity index (χ0) is 18.6. The molecule has 4 aliphatic rings. The molecule has 4 heteroatoms. The van der Waals surface area contributed by atoms with Crippen LogP contribution in [0.2, 0.25) is 5.02 Å². The summed E-state index contributed by atoms with van der Waals surface area (Å²) in [5, 5.41) is 11.0. The van der Waals surface area contributed by atoms with Crippen LogP contribution in [0.1, 0.15) is 49.7 Å². The molecule has 27 heavy (non-hydrogen) atoms. The summed E-state index contributed by atoms with van der Waals surface area (Å²) in [6.07, 6.45) is 10.1. The predicted octanol–water partition coefficient (Wildman–Crippen LogP) is 7.03. The number of phenols is 1. The molecule has 0 spiro atoms. The Morgan fingerprint density at radius 2 is 1.67 bits per heavy atom. The third kappa shape index (κ3) is 3.23. The largest absolute Gasteiger partial charge is 0.507 e. The molecule has 1 N–H and O–H groups in total. The minimum atomic E-state index is 0.287. The number of halogens is 2. The van der Waals surface area contributed by atoms with Crippen molar-refractivity contribution in [1.82, 2.24) is 0 Å². The average Bonchev–Trinajstić information content (AvgIpc) is 2.62. The Balaban J connectivity index is 1.46. The fraction of sp³-hybridized carbons (Fsp3) is 0.435. The van der Waals surface area contributed by atoms with Crippen LogP contribution >= 0.6 is 27.5 Å². The van der Waals surface area contributed by atoms with Crippen molar-refractivity contribution in [3.63, 3.8) is 0 Å². The van der Waals surface area contributed by atoms with E-state index in [-0.39, 0.29) is 5.75 Å². The molecule has 4 fully saturated rings. The van der Waals surface area contributed by atoms with Gasteiger partial charge in [0.25, 0.3) is 0 Å². The number of phenolic OH excluding ortho intramolecular Hbond substituents is 1. The summed E-state index contributed by atoms with van der Waals surface area (Å²) in [6, 6.07) is 11.8. The van der Waals surface area contributed by atoms with Crippen molar-refractivity contribution in [2.45, 2.75) is 43.9 Å². The molecule has 0 saturated heterocycles. The first-order valence-corrected chi connectivity index (χ1v) is 11.0. The lowest BCUT2D eigenvalue weighted by Crippen LogP contribution is -2.48. The van der Waals surface area contributed by atoms with E-state index in [9.17, 15) is 5.11 Å². The first-order valence-electron chi connectivity index (χ1n) is 9.83. The van der Waals surface area contributed by atoms with E-state index in [4.69, 9.17) is 11.6 Å². The van der Waals surface area contributed by atoms with Gasteiger partial charge in [0.05, 0.1) is 10.7 Å². The van der Waals surface area contributed by atoms with Crippen molar-refractivity contribution >= 4 is 39.4 Å². The Morgan fingerprint density at radius 1 is 1.00 bits per heavy atom. The third-order valence-corrected chi connectivity index (χ3v) is 8.17. The van der Waals surface area contributed by atoms with Gasteiger partial charge in [-0.3, -0.25) is 4.99 Å². The molecule has 0 unspecified atom stereocenters. The van der Waals surface area contributed by atoms with Gasteiger partial charge in [-0.25, -0.2) is 0 Å². The summed E-state index contributed by atoms with van der Waals surface area (Å²) < 4.78 is 0.856. The van der Waals surface area contributed by atoms with Crippen LogP contribution in [0.4, 0.5) is 5.69 Å². The zero-order valence-corrected chi connectivity index (χ0v) is 17.5. The second-order valence-electron chi connectivity index (χ2n) is 8.83. The van der Waals surface area contributed by atoms with Crippen LogP contribution in [0, 0.1) is 17.8 Å². The van der Waals surface area contributed by atoms with Crippen LogP contribution in [0.15, 0.2) is 45.9 Å². The lowest BCUT2D eigenvalue weighted by molar-refractivity contribution is -0.00520. The number of aromatic hydroxyl groups is 1. The Morgan fingerprint density at radius 3 is 2.30 bits per heavy atom. The first kappa shape index (κ1) is 17.8. The molecule has 0 amide bonds. The highest BCUT2D eigenvalue weighted by Gasteiger charge is 2.51. The minimum Gasteiger partial charge on any atom is -0.507 e. The van der Waals surface area contributed by atoms with Gasteiger partial charge >= 0.3 is 0 Å². The van der Waals surface area contributed by atoms with Crippen molar-refractivity contribution in [3.8, 4) is 5.75 Å². The second kappa shape index (κ2) is 6.63. The molecule has 2 aromatic rings. The SMILES string of the molecule is Oc1ccc(C23CC4CC(CC(C4)C2)C3)cc1C=Nc1ccc(Br)c(Cl)c1. The van der Waals surface area contributed by atoms with Crippen LogP contribution < -0.4 is 0 Å².